The maximum Gasteiger partial charge on any atom is 0.302 e. The van der Waals surface area contributed by atoms with Crippen LogP contribution in [0.2, 0.25) is 0 Å². The molecule has 3 aliphatic carbocycles. The molecule has 152 valence electrons. The number of hydrogen-bond acceptors (Lipinski definition) is 4. The van der Waals surface area contributed by atoms with Crippen LogP contribution in [0.25, 0.3) is 0 Å². The van der Waals surface area contributed by atoms with Crippen molar-refractivity contribution in [2.75, 3.05) is 13.7 Å². The van der Waals surface area contributed by atoms with Crippen LogP contribution in [0, 0.1) is 17.3 Å². The van der Waals surface area contributed by atoms with E-state index >= 15 is 0 Å². The Bertz CT molecular complexity index is 783. The first-order valence-electron chi connectivity index (χ1n) is 10.6. The minimum absolute atomic E-state index is 0.0702. The monoisotopic (exact) mass is 384 g/mol. The van der Waals surface area contributed by atoms with E-state index in [-0.39, 0.29) is 17.5 Å². The fraction of sp³-hybridized carbons (Fsp3) is 0.625. The molecule has 0 heterocycles. The highest BCUT2D eigenvalue weighted by Gasteiger charge is 2.52. The molecule has 0 aromatic heterocycles. The lowest BCUT2D eigenvalue weighted by atomic mass is 9.54. The lowest BCUT2D eigenvalue weighted by Crippen LogP contribution is -2.43. The molecule has 0 spiro atoms. The standard InChI is InChI=1S/C24H32O4/c1-15(25)28-12-4-5-16-13-17-14-18(27-3)6-7-19(17)20-10-11-24(2)21(23(16)20)8-9-22(24)26/h6-8,14,16,20,22-23,26H,4-5,9-13H2,1-3H3/t16-,20-,22+,23-,24+/m1/s1. The normalized spacial score (nSPS) is 33.4. The number of carbonyl (C=O) groups excluding carboxylic acids is 1. The van der Waals surface area contributed by atoms with Gasteiger partial charge < -0.3 is 14.6 Å². The van der Waals surface area contributed by atoms with Crippen molar-refractivity contribution in [3.8, 4) is 5.75 Å². The Morgan fingerprint density at radius 1 is 1.36 bits per heavy atom. The van der Waals surface area contributed by atoms with Crippen LogP contribution in [-0.4, -0.2) is 30.9 Å². The average molecular weight is 385 g/mol. The van der Waals surface area contributed by atoms with E-state index in [1.165, 1.54) is 23.6 Å². The van der Waals surface area contributed by atoms with Crippen molar-refractivity contribution < 1.29 is 19.4 Å². The summed E-state index contributed by atoms with van der Waals surface area (Å²) < 4.78 is 10.7. The lowest BCUT2D eigenvalue weighted by Gasteiger charge is -2.50. The van der Waals surface area contributed by atoms with Crippen molar-refractivity contribution in [2.24, 2.45) is 17.3 Å². The predicted octanol–water partition coefficient (Wildman–Crippen LogP) is 4.40. The molecule has 28 heavy (non-hydrogen) atoms. The number of esters is 1. The smallest absolute Gasteiger partial charge is 0.302 e. The minimum atomic E-state index is -0.248. The molecule has 1 aromatic rings. The Hall–Kier alpha value is -1.81. The summed E-state index contributed by atoms with van der Waals surface area (Å²) >= 11 is 0. The second-order valence-electron chi connectivity index (χ2n) is 9.01. The van der Waals surface area contributed by atoms with Gasteiger partial charge >= 0.3 is 5.97 Å². The summed E-state index contributed by atoms with van der Waals surface area (Å²) in [7, 11) is 1.72. The van der Waals surface area contributed by atoms with E-state index in [1.807, 2.05) is 0 Å². The van der Waals surface area contributed by atoms with Gasteiger partial charge in [-0.2, -0.15) is 0 Å². The van der Waals surface area contributed by atoms with Crippen LogP contribution in [0.4, 0.5) is 0 Å². The first kappa shape index (κ1) is 19.5. The van der Waals surface area contributed by atoms with Crippen LogP contribution >= 0.6 is 0 Å². The average Bonchev–Trinajstić information content (AvgIpc) is 2.99. The molecule has 0 saturated heterocycles. The van der Waals surface area contributed by atoms with Crippen LogP contribution in [0.3, 0.4) is 0 Å². The van der Waals surface area contributed by atoms with Crippen molar-refractivity contribution in [1.29, 1.82) is 0 Å². The Morgan fingerprint density at radius 2 is 2.18 bits per heavy atom. The van der Waals surface area contributed by atoms with Crippen LogP contribution in [0.5, 0.6) is 5.75 Å². The van der Waals surface area contributed by atoms with E-state index in [0.717, 1.165) is 44.3 Å². The summed E-state index contributed by atoms with van der Waals surface area (Å²) in [6.45, 7) is 4.22. The van der Waals surface area contributed by atoms with Crippen LogP contribution in [-0.2, 0) is 16.0 Å². The molecule has 1 aromatic carbocycles. The van der Waals surface area contributed by atoms with Gasteiger partial charge in [-0.3, -0.25) is 4.79 Å². The summed E-state index contributed by atoms with van der Waals surface area (Å²) in [5.74, 6) is 2.22. The third kappa shape index (κ3) is 3.26. The number of rotatable bonds is 5. The molecule has 0 radical (unpaired) electrons. The zero-order valence-corrected chi connectivity index (χ0v) is 17.2. The van der Waals surface area contributed by atoms with Gasteiger partial charge in [-0.15, -0.1) is 0 Å². The Morgan fingerprint density at radius 3 is 2.93 bits per heavy atom. The van der Waals surface area contributed by atoms with Gasteiger partial charge in [0.15, 0.2) is 0 Å². The Kier molecular flexibility index (Phi) is 5.26. The maximum absolute atomic E-state index is 11.1. The summed E-state index contributed by atoms with van der Waals surface area (Å²) in [4.78, 5) is 11.1. The number of fused-ring (bicyclic) bond motifs is 5. The van der Waals surface area contributed by atoms with Crippen molar-refractivity contribution >= 4 is 5.97 Å². The van der Waals surface area contributed by atoms with Gasteiger partial charge in [0.2, 0.25) is 0 Å². The summed E-state index contributed by atoms with van der Waals surface area (Å²) in [6, 6.07) is 6.55. The van der Waals surface area contributed by atoms with E-state index in [1.54, 1.807) is 7.11 Å². The minimum Gasteiger partial charge on any atom is -0.497 e. The number of carbonyl (C=O) groups is 1. The molecule has 5 atom stereocenters. The van der Waals surface area contributed by atoms with Gasteiger partial charge in [0.05, 0.1) is 19.8 Å². The zero-order chi connectivity index (χ0) is 19.9. The second kappa shape index (κ2) is 7.55. The Labute approximate surface area is 167 Å². The maximum atomic E-state index is 11.1. The molecule has 0 amide bonds. The summed E-state index contributed by atoms with van der Waals surface area (Å²) in [5.41, 5.74) is 4.28. The molecule has 4 rings (SSSR count). The molecular formula is C24H32O4. The topological polar surface area (TPSA) is 55.8 Å². The highest BCUT2D eigenvalue weighted by molar-refractivity contribution is 5.65. The first-order chi connectivity index (χ1) is 13.4. The van der Waals surface area contributed by atoms with Crippen molar-refractivity contribution in [1.82, 2.24) is 0 Å². The van der Waals surface area contributed by atoms with Crippen LogP contribution < -0.4 is 4.74 Å². The van der Waals surface area contributed by atoms with Crippen molar-refractivity contribution in [2.45, 2.75) is 64.4 Å². The molecule has 4 nitrogen and oxygen atoms in total. The highest BCUT2D eigenvalue weighted by atomic mass is 16.5. The van der Waals surface area contributed by atoms with E-state index in [2.05, 4.69) is 31.2 Å². The van der Waals surface area contributed by atoms with Gasteiger partial charge in [-0.1, -0.05) is 24.6 Å². The van der Waals surface area contributed by atoms with Crippen LogP contribution in [0.1, 0.15) is 63.0 Å². The summed E-state index contributed by atoms with van der Waals surface area (Å²) in [6.07, 6.45) is 7.98. The molecule has 0 bridgehead atoms. The second-order valence-corrected chi connectivity index (χ2v) is 9.01. The van der Waals surface area contributed by atoms with Gasteiger partial charge in [0, 0.05) is 12.3 Å². The molecule has 3 aliphatic rings. The zero-order valence-electron chi connectivity index (χ0n) is 17.2. The van der Waals surface area contributed by atoms with Crippen LogP contribution in [0.15, 0.2) is 29.8 Å². The highest BCUT2D eigenvalue weighted by Crippen LogP contribution is 2.60. The SMILES string of the molecule is COc1ccc2c(c1)C[C@@H](CCCOC(C)=O)[C@H]1C3=CC[C@H](O)[C@@]3(C)CC[C@H]21. The molecule has 1 fully saturated rings. The van der Waals surface area contributed by atoms with Crippen molar-refractivity contribution in [3.63, 3.8) is 0 Å². The third-order valence-corrected chi connectivity index (χ3v) is 7.49. The fourth-order valence-electron chi connectivity index (χ4n) is 6.04. The van der Waals surface area contributed by atoms with Gasteiger partial charge in [-0.05, 0) is 79.5 Å². The van der Waals surface area contributed by atoms with Gasteiger partial charge in [0.1, 0.15) is 5.75 Å². The molecule has 0 aliphatic heterocycles. The third-order valence-electron chi connectivity index (χ3n) is 7.49. The number of methoxy groups -OCH3 is 1. The van der Waals surface area contributed by atoms with E-state index in [0.29, 0.717) is 24.4 Å². The van der Waals surface area contributed by atoms with E-state index in [9.17, 15) is 9.90 Å². The molecule has 1 N–H and O–H groups in total. The van der Waals surface area contributed by atoms with E-state index < -0.39 is 0 Å². The fourth-order valence-corrected chi connectivity index (χ4v) is 6.04. The molecular weight excluding hydrogens is 352 g/mol. The largest absolute Gasteiger partial charge is 0.497 e. The number of aliphatic hydroxyl groups excluding tert-OH is 1. The molecule has 1 saturated carbocycles. The van der Waals surface area contributed by atoms with E-state index in [4.69, 9.17) is 9.47 Å². The molecule has 4 heteroatoms. The van der Waals surface area contributed by atoms with Gasteiger partial charge in [0.25, 0.3) is 0 Å². The number of ether oxygens (including phenoxy) is 2. The number of aliphatic hydroxyl groups is 1. The predicted molar refractivity (Wildman–Crippen MR) is 108 cm³/mol. The summed E-state index contributed by atoms with van der Waals surface area (Å²) in [5, 5.41) is 10.7. The number of hydrogen-bond donors (Lipinski definition) is 1. The molecule has 0 unspecified atom stereocenters. The Balaban J connectivity index is 1.64. The quantitative estimate of drug-likeness (QED) is 0.464. The first-order valence-corrected chi connectivity index (χ1v) is 10.6. The lowest BCUT2D eigenvalue weighted by molar-refractivity contribution is -0.141. The van der Waals surface area contributed by atoms with Crippen molar-refractivity contribution in [3.05, 3.63) is 41.0 Å². The number of benzene rings is 1. The van der Waals surface area contributed by atoms with Gasteiger partial charge in [-0.25, -0.2) is 0 Å².